The average Bonchev–Trinajstić information content (AvgIpc) is 3.19. The molecule has 0 spiro atoms. The van der Waals surface area contributed by atoms with E-state index in [1.807, 2.05) is 17.5 Å². The lowest BCUT2D eigenvalue weighted by atomic mass is 9.86. The van der Waals surface area contributed by atoms with Crippen LogP contribution in [0.3, 0.4) is 0 Å². The van der Waals surface area contributed by atoms with E-state index < -0.39 is 0 Å². The summed E-state index contributed by atoms with van der Waals surface area (Å²) in [6.45, 7) is 2.93. The third-order valence-corrected chi connectivity index (χ3v) is 5.44. The number of hydrogen-bond acceptors (Lipinski definition) is 6. The van der Waals surface area contributed by atoms with Gasteiger partial charge in [-0.2, -0.15) is 0 Å². The summed E-state index contributed by atoms with van der Waals surface area (Å²) in [6.07, 6.45) is 4.21. The van der Waals surface area contributed by atoms with E-state index in [1.54, 1.807) is 11.3 Å². The maximum absolute atomic E-state index is 10.1. The van der Waals surface area contributed by atoms with E-state index in [9.17, 15) is 5.11 Å². The van der Waals surface area contributed by atoms with Crippen molar-refractivity contribution in [3.63, 3.8) is 0 Å². The summed E-state index contributed by atoms with van der Waals surface area (Å²) >= 11 is 1.60. The molecule has 0 radical (unpaired) electrons. The summed E-state index contributed by atoms with van der Waals surface area (Å²) in [5.41, 5.74) is 0. The fourth-order valence-corrected chi connectivity index (χ4v) is 3.67. The van der Waals surface area contributed by atoms with Crippen LogP contribution in [0.4, 0.5) is 0 Å². The Morgan fingerprint density at radius 2 is 2.23 bits per heavy atom. The lowest BCUT2D eigenvalue weighted by Crippen LogP contribution is -2.36. The Labute approximate surface area is 135 Å². The van der Waals surface area contributed by atoms with Crippen LogP contribution in [0.1, 0.15) is 44.5 Å². The predicted molar refractivity (Wildman–Crippen MR) is 86.6 cm³/mol. The Balaban J connectivity index is 1.64. The van der Waals surface area contributed by atoms with Crippen molar-refractivity contribution >= 4 is 11.3 Å². The van der Waals surface area contributed by atoms with E-state index in [1.165, 1.54) is 6.42 Å². The zero-order chi connectivity index (χ0) is 15.5. The number of thiophene rings is 1. The van der Waals surface area contributed by atoms with Crippen LogP contribution in [0.15, 0.2) is 21.9 Å². The SMILES string of the molecule is CC(c1nnc(-c2cccs2)o1)N(C)CC1CCCCC1O. The quantitative estimate of drug-likeness (QED) is 0.915. The normalized spacial score (nSPS) is 23.8. The molecule has 5 nitrogen and oxygen atoms in total. The molecule has 0 amide bonds. The monoisotopic (exact) mass is 321 g/mol. The van der Waals surface area contributed by atoms with Crippen LogP contribution in [0.25, 0.3) is 10.8 Å². The van der Waals surface area contributed by atoms with Gasteiger partial charge in [0.15, 0.2) is 0 Å². The Morgan fingerprint density at radius 3 is 2.95 bits per heavy atom. The molecular formula is C16H23N3O2S. The van der Waals surface area contributed by atoms with Crippen molar-refractivity contribution in [3.8, 4) is 10.8 Å². The molecule has 3 unspecified atom stereocenters. The van der Waals surface area contributed by atoms with Crippen LogP contribution in [0.5, 0.6) is 0 Å². The minimum atomic E-state index is -0.173. The van der Waals surface area contributed by atoms with Gasteiger partial charge in [0.2, 0.25) is 5.89 Å². The molecule has 1 saturated carbocycles. The molecule has 0 aromatic carbocycles. The molecule has 0 bridgehead atoms. The second kappa shape index (κ2) is 6.89. The molecule has 2 aromatic heterocycles. The van der Waals surface area contributed by atoms with Crippen molar-refractivity contribution < 1.29 is 9.52 Å². The maximum atomic E-state index is 10.1. The highest BCUT2D eigenvalue weighted by molar-refractivity contribution is 7.13. The van der Waals surface area contributed by atoms with Crippen molar-refractivity contribution in [3.05, 3.63) is 23.4 Å². The van der Waals surface area contributed by atoms with Gasteiger partial charge in [0.25, 0.3) is 5.89 Å². The van der Waals surface area contributed by atoms with Crippen molar-refractivity contribution in [2.75, 3.05) is 13.6 Å². The highest BCUT2D eigenvalue weighted by atomic mass is 32.1. The number of aliphatic hydroxyl groups excluding tert-OH is 1. The third-order valence-electron chi connectivity index (χ3n) is 4.58. The highest BCUT2D eigenvalue weighted by Crippen LogP contribution is 2.29. The van der Waals surface area contributed by atoms with E-state index >= 15 is 0 Å². The van der Waals surface area contributed by atoms with Crippen LogP contribution in [0, 0.1) is 5.92 Å². The van der Waals surface area contributed by atoms with E-state index in [0.717, 1.165) is 30.7 Å². The molecule has 0 aliphatic heterocycles. The number of aliphatic hydroxyl groups is 1. The molecule has 2 heterocycles. The highest BCUT2D eigenvalue weighted by Gasteiger charge is 2.27. The van der Waals surface area contributed by atoms with Crippen LogP contribution >= 0.6 is 11.3 Å². The molecule has 3 rings (SSSR count). The first kappa shape index (κ1) is 15.6. The molecule has 0 saturated heterocycles. The number of hydrogen-bond donors (Lipinski definition) is 1. The molecule has 1 fully saturated rings. The van der Waals surface area contributed by atoms with Gasteiger partial charge < -0.3 is 9.52 Å². The lowest BCUT2D eigenvalue weighted by molar-refractivity contribution is 0.0422. The predicted octanol–water partition coefficient (Wildman–Crippen LogP) is 3.34. The third kappa shape index (κ3) is 3.39. The van der Waals surface area contributed by atoms with Crippen molar-refractivity contribution in [2.24, 2.45) is 5.92 Å². The van der Waals surface area contributed by atoms with Crippen LogP contribution in [-0.4, -0.2) is 39.9 Å². The molecule has 1 N–H and O–H groups in total. The fraction of sp³-hybridized carbons (Fsp3) is 0.625. The second-order valence-corrected chi connectivity index (χ2v) is 7.10. The van der Waals surface area contributed by atoms with Gasteiger partial charge >= 0.3 is 0 Å². The van der Waals surface area contributed by atoms with Gasteiger partial charge in [-0.1, -0.05) is 18.9 Å². The number of aromatic nitrogens is 2. The first-order chi connectivity index (χ1) is 10.6. The molecule has 6 heteroatoms. The molecule has 1 aliphatic rings. The van der Waals surface area contributed by atoms with Gasteiger partial charge in [-0.15, -0.1) is 21.5 Å². The minimum absolute atomic E-state index is 0.0512. The molecule has 120 valence electrons. The largest absolute Gasteiger partial charge is 0.418 e. The molecule has 3 atom stereocenters. The maximum Gasteiger partial charge on any atom is 0.257 e. The summed E-state index contributed by atoms with van der Waals surface area (Å²) in [4.78, 5) is 3.20. The van der Waals surface area contributed by atoms with E-state index in [-0.39, 0.29) is 12.1 Å². The van der Waals surface area contributed by atoms with Gasteiger partial charge in [0.05, 0.1) is 17.0 Å². The van der Waals surface area contributed by atoms with E-state index in [2.05, 4.69) is 29.1 Å². The van der Waals surface area contributed by atoms with Crippen molar-refractivity contribution in [1.29, 1.82) is 0 Å². The molecule has 22 heavy (non-hydrogen) atoms. The first-order valence-corrected chi connectivity index (χ1v) is 8.78. The summed E-state index contributed by atoms with van der Waals surface area (Å²) in [5.74, 6) is 1.57. The molecule has 2 aromatic rings. The minimum Gasteiger partial charge on any atom is -0.418 e. The molecule has 1 aliphatic carbocycles. The average molecular weight is 321 g/mol. The summed E-state index contributed by atoms with van der Waals surface area (Å²) in [5, 5.41) is 20.5. The Bertz CT molecular complexity index is 584. The summed E-state index contributed by atoms with van der Waals surface area (Å²) in [7, 11) is 2.06. The zero-order valence-corrected chi connectivity index (χ0v) is 13.9. The number of rotatable bonds is 5. The smallest absolute Gasteiger partial charge is 0.257 e. The second-order valence-electron chi connectivity index (χ2n) is 6.15. The fourth-order valence-electron chi connectivity index (χ4n) is 3.02. The van der Waals surface area contributed by atoms with E-state index in [0.29, 0.717) is 17.7 Å². The van der Waals surface area contributed by atoms with Crippen LogP contribution < -0.4 is 0 Å². The topological polar surface area (TPSA) is 62.4 Å². The lowest BCUT2D eigenvalue weighted by Gasteiger charge is -2.32. The van der Waals surface area contributed by atoms with Gasteiger partial charge in [0.1, 0.15) is 0 Å². The Kier molecular flexibility index (Phi) is 4.90. The summed E-state index contributed by atoms with van der Waals surface area (Å²) in [6, 6.07) is 4.01. The van der Waals surface area contributed by atoms with E-state index in [4.69, 9.17) is 4.42 Å². The first-order valence-electron chi connectivity index (χ1n) is 7.90. The van der Waals surface area contributed by atoms with Gasteiger partial charge in [-0.05, 0) is 44.2 Å². The number of nitrogens with zero attached hydrogens (tertiary/aromatic N) is 3. The van der Waals surface area contributed by atoms with Gasteiger partial charge in [0, 0.05) is 6.54 Å². The van der Waals surface area contributed by atoms with Crippen LogP contribution in [-0.2, 0) is 0 Å². The molecular weight excluding hydrogens is 298 g/mol. The van der Waals surface area contributed by atoms with Gasteiger partial charge in [-0.3, -0.25) is 4.90 Å². The summed E-state index contributed by atoms with van der Waals surface area (Å²) < 4.78 is 5.81. The Hall–Kier alpha value is -1.24. The standard InChI is InChI=1S/C16H23N3O2S/c1-11(19(2)10-12-6-3-4-7-13(12)20)15-17-18-16(21-15)14-8-5-9-22-14/h5,8-9,11-13,20H,3-4,6-7,10H2,1-2H3. The van der Waals surface area contributed by atoms with Crippen molar-refractivity contribution in [1.82, 2.24) is 15.1 Å². The zero-order valence-electron chi connectivity index (χ0n) is 13.1. The van der Waals surface area contributed by atoms with Crippen LogP contribution in [0.2, 0.25) is 0 Å². The van der Waals surface area contributed by atoms with Gasteiger partial charge in [-0.25, -0.2) is 0 Å². The van der Waals surface area contributed by atoms with Crippen molar-refractivity contribution in [2.45, 2.75) is 44.8 Å². The Morgan fingerprint density at radius 1 is 1.41 bits per heavy atom.